The smallest absolute Gasteiger partial charge is 0.182 e. The topological polar surface area (TPSA) is 52.3 Å². The molecule has 1 spiro atoms. The summed E-state index contributed by atoms with van der Waals surface area (Å²) in [6.45, 7) is 4.06. The van der Waals surface area contributed by atoms with Crippen LogP contribution in [0.5, 0.6) is 5.75 Å². The Morgan fingerprint density at radius 2 is 1.77 bits per heavy atom. The van der Waals surface area contributed by atoms with Crippen LogP contribution in [0.3, 0.4) is 0 Å². The van der Waals surface area contributed by atoms with Crippen LogP contribution in [0.15, 0.2) is 54.9 Å². The minimum Gasteiger partial charge on any atom is -0.491 e. The molecule has 0 saturated heterocycles. The largest absolute Gasteiger partial charge is 0.491 e. The molecule has 0 radical (unpaired) electrons. The van der Waals surface area contributed by atoms with E-state index in [0.717, 1.165) is 34.9 Å². The average molecular weight is 411 g/mol. The monoisotopic (exact) mass is 410 g/mol. The predicted octanol–water partition coefficient (Wildman–Crippen LogP) is 5.61. The summed E-state index contributed by atoms with van der Waals surface area (Å²) < 4.78 is 7.65. The van der Waals surface area contributed by atoms with Crippen LogP contribution in [0, 0.1) is 0 Å². The fraction of sp³-hybridized carbons (Fsp3) is 0.346. The highest BCUT2D eigenvalue weighted by Gasteiger charge is 2.43. The van der Waals surface area contributed by atoms with Gasteiger partial charge in [-0.2, -0.15) is 0 Å². The lowest BCUT2D eigenvalue weighted by atomic mass is 9.68. The molecule has 1 fully saturated rings. The van der Waals surface area contributed by atoms with E-state index in [1.165, 1.54) is 42.4 Å². The van der Waals surface area contributed by atoms with Crippen molar-refractivity contribution in [3.05, 3.63) is 66.0 Å². The molecule has 2 aliphatic carbocycles. The van der Waals surface area contributed by atoms with E-state index in [4.69, 9.17) is 19.8 Å². The van der Waals surface area contributed by atoms with E-state index in [1.807, 2.05) is 49.0 Å². The molecule has 31 heavy (non-hydrogen) atoms. The summed E-state index contributed by atoms with van der Waals surface area (Å²) in [4.78, 5) is 9.95. The molecule has 0 unspecified atom stereocenters. The van der Waals surface area contributed by atoms with Gasteiger partial charge in [-0.05, 0) is 62.9 Å². The zero-order valence-electron chi connectivity index (χ0n) is 18.0. The maximum atomic E-state index is 5.78. The SMILES string of the molecule is CC(C)Oc1ccc(-c2nc3c4c(ncn3n2)-c2ccccc2CC42CCCC2)cc1. The molecule has 5 heteroatoms. The molecule has 0 atom stereocenters. The lowest BCUT2D eigenvalue weighted by Crippen LogP contribution is -2.31. The average Bonchev–Trinajstić information content (AvgIpc) is 3.41. The van der Waals surface area contributed by atoms with Gasteiger partial charge in [-0.1, -0.05) is 37.1 Å². The Bertz CT molecular complexity index is 1270. The number of ether oxygens (including phenoxy) is 1. The van der Waals surface area contributed by atoms with Crippen LogP contribution < -0.4 is 4.74 Å². The predicted molar refractivity (Wildman–Crippen MR) is 121 cm³/mol. The van der Waals surface area contributed by atoms with Crippen molar-refractivity contribution in [2.24, 2.45) is 0 Å². The maximum absolute atomic E-state index is 5.78. The van der Waals surface area contributed by atoms with Crippen molar-refractivity contribution in [3.8, 4) is 28.4 Å². The van der Waals surface area contributed by atoms with E-state index in [1.54, 1.807) is 0 Å². The standard InChI is InChI=1S/C26H26N4O/c1-17(2)31-20-11-9-18(10-12-20)24-28-25-22-23(27-16-30(25)29-24)21-8-4-3-7-19(21)15-26(22)13-5-6-14-26/h3-4,7-12,16-17H,5-6,13-15H2,1-2H3. The summed E-state index contributed by atoms with van der Waals surface area (Å²) in [5.74, 6) is 1.60. The summed E-state index contributed by atoms with van der Waals surface area (Å²) in [6.07, 6.45) is 7.97. The lowest BCUT2D eigenvalue weighted by Gasteiger charge is -2.36. The van der Waals surface area contributed by atoms with Crippen LogP contribution in [-0.2, 0) is 11.8 Å². The summed E-state index contributed by atoms with van der Waals surface area (Å²) in [6, 6.07) is 16.8. The molecule has 156 valence electrons. The molecule has 1 saturated carbocycles. The number of hydrogen-bond acceptors (Lipinski definition) is 4. The summed E-state index contributed by atoms with van der Waals surface area (Å²) >= 11 is 0. The van der Waals surface area contributed by atoms with E-state index >= 15 is 0 Å². The van der Waals surface area contributed by atoms with Crippen molar-refractivity contribution < 1.29 is 4.74 Å². The van der Waals surface area contributed by atoms with Crippen LogP contribution in [0.2, 0.25) is 0 Å². The number of aromatic nitrogens is 4. The Kier molecular flexibility index (Phi) is 4.13. The molecule has 2 heterocycles. The molecule has 5 nitrogen and oxygen atoms in total. The van der Waals surface area contributed by atoms with E-state index in [9.17, 15) is 0 Å². The quantitative estimate of drug-likeness (QED) is 0.440. The number of benzene rings is 2. The van der Waals surface area contributed by atoms with Gasteiger partial charge in [0.25, 0.3) is 0 Å². The fourth-order valence-corrected chi connectivity index (χ4v) is 5.46. The minimum absolute atomic E-state index is 0.123. The Balaban J connectivity index is 1.51. The Morgan fingerprint density at radius 3 is 2.55 bits per heavy atom. The van der Waals surface area contributed by atoms with Gasteiger partial charge in [0.2, 0.25) is 0 Å². The highest BCUT2D eigenvalue weighted by molar-refractivity contribution is 5.78. The minimum atomic E-state index is 0.123. The molecule has 0 aliphatic heterocycles. The summed E-state index contributed by atoms with van der Waals surface area (Å²) in [5, 5.41) is 4.79. The first-order valence-electron chi connectivity index (χ1n) is 11.2. The summed E-state index contributed by atoms with van der Waals surface area (Å²) in [7, 11) is 0. The van der Waals surface area contributed by atoms with Gasteiger partial charge in [-0.25, -0.2) is 14.5 Å². The normalized spacial score (nSPS) is 16.6. The maximum Gasteiger partial charge on any atom is 0.182 e. The zero-order chi connectivity index (χ0) is 21.0. The van der Waals surface area contributed by atoms with Gasteiger partial charge in [-0.3, -0.25) is 0 Å². The van der Waals surface area contributed by atoms with Gasteiger partial charge in [0.05, 0.1) is 11.8 Å². The molecular weight excluding hydrogens is 384 g/mol. The van der Waals surface area contributed by atoms with Gasteiger partial charge in [0, 0.05) is 22.1 Å². The van der Waals surface area contributed by atoms with Crippen molar-refractivity contribution in [3.63, 3.8) is 0 Å². The van der Waals surface area contributed by atoms with E-state index in [2.05, 4.69) is 24.3 Å². The molecule has 0 bridgehead atoms. The van der Waals surface area contributed by atoms with Gasteiger partial charge < -0.3 is 4.74 Å². The van der Waals surface area contributed by atoms with Crippen molar-refractivity contribution in [2.45, 2.75) is 57.5 Å². The van der Waals surface area contributed by atoms with Gasteiger partial charge in [0.1, 0.15) is 12.1 Å². The van der Waals surface area contributed by atoms with Crippen LogP contribution in [0.4, 0.5) is 0 Å². The van der Waals surface area contributed by atoms with Crippen molar-refractivity contribution >= 4 is 5.65 Å². The molecule has 2 aromatic carbocycles. The first kappa shape index (κ1) is 18.6. The number of rotatable bonds is 3. The third-order valence-corrected chi connectivity index (χ3v) is 6.76. The fourth-order valence-electron chi connectivity index (χ4n) is 5.46. The molecule has 0 N–H and O–H groups in total. The van der Waals surface area contributed by atoms with Crippen LogP contribution >= 0.6 is 0 Å². The van der Waals surface area contributed by atoms with E-state index in [-0.39, 0.29) is 11.5 Å². The Hall–Kier alpha value is -3.21. The highest BCUT2D eigenvalue weighted by Crippen LogP contribution is 2.52. The molecule has 4 aromatic rings. The van der Waals surface area contributed by atoms with Crippen LogP contribution in [-0.4, -0.2) is 25.7 Å². The van der Waals surface area contributed by atoms with Crippen LogP contribution in [0.25, 0.3) is 28.3 Å². The molecule has 2 aromatic heterocycles. The first-order chi connectivity index (χ1) is 15.1. The van der Waals surface area contributed by atoms with Crippen molar-refractivity contribution in [1.82, 2.24) is 19.6 Å². The molecule has 6 rings (SSSR count). The third kappa shape index (κ3) is 2.94. The molecular formula is C26H26N4O. The number of nitrogens with zero attached hydrogens (tertiary/aromatic N) is 4. The Morgan fingerprint density at radius 1 is 1.00 bits per heavy atom. The van der Waals surface area contributed by atoms with Gasteiger partial charge in [0.15, 0.2) is 11.5 Å². The lowest BCUT2D eigenvalue weighted by molar-refractivity contribution is 0.242. The second-order valence-corrected chi connectivity index (χ2v) is 9.18. The second-order valence-electron chi connectivity index (χ2n) is 9.18. The molecule has 0 amide bonds. The number of fused-ring (bicyclic) bond motifs is 6. The van der Waals surface area contributed by atoms with Crippen molar-refractivity contribution in [1.29, 1.82) is 0 Å². The Labute approximate surface area is 182 Å². The third-order valence-electron chi connectivity index (χ3n) is 6.76. The van der Waals surface area contributed by atoms with E-state index in [0.29, 0.717) is 0 Å². The molecule has 2 aliphatic rings. The first-order valence-corrected chi connectivity index (χ1v) is 11.2. The van der Waals surface area contributed by atoms with Crippen molar-refractivity contribution in [2.75, 3.05) is 0 Å². The second kappa shape index (κ2) is 6.91. The number of hydrogen-bond donors (Lipinski definition) is 0. The van der Waals surface area contributed by atoms with E-state index < -0.39 is 0 Å². The summed E-state index contributed by atoms with van der Waals surface area (Å²) in [5.41, 5.74) is 7.12. The van der Waals surface area contributed by atoms with Crippen LogP contribution in [0.1, 0.15) is 50.7 Å². The zero-order valence-corrected chi connectivity index (χ0v) is 18.0. The highest BCUT2D eigenvalue weighted by atomic mass is 16.5. The van der Waals surface area contributed by atoms with Gasteiger partial charge in [-0.15, -0.1) is 5.10 Å². The van der Waals surface area contributed by atoms with Gasteiger partial charge >= 0.3 is 0 Å².